The Morgan fingerprint density at radius 3 is 0.935 bits per heavy atom. The number of unbranched alkanes of at least 4 members (excludes halogenated alkanes) is 2. The molecule has 0 fully saturated rings. The first-order valence-corrected chi connectivity index (χ1v) is 9.38. The molecule has 0 aliphatic heterocycles. The van der Waals surface area contributed by atoms with Crippen molar-refractivity contribution in [1.29, 1.82) is 0 Å². The monoisotopic (exact) mass is 548 g/mol. The number of halogens is 6. The van der Waals surface area contributed by atoms with Gasteiger partial charge in [0.05, 0.1) is 23.8 Å². The Labute approximate surface area is 198 Å². The molecule has 0 aromatic heterocycles. The molecule has 0 bridgehead atoms. The molecule has 0 spiro atoms. The quantitative estimate of drug-likeness (QED) is 0.448. The number of carbonyl (C=O) groups excluding carboxylic acids is 2. The van der Waals surface area contributed by atoms with Crippen LogP contribution in [0.3, 0.4) is 0 Å². The Balaban J connectivity index is -0.000000101. The molecule has 0 radical (unpaired) electrons. The van der Waals surface area contributed by atoms with Crippen LogP contribution in [-0.4, -0.2) is 47.7 Å². The van der Waals surface area contributed by atoms with E-state index in [2.05, 4.69) is 13.8 Å². The number of alkyl halides is 6. The van der Waals surface area contributed by atoms with Gasteiger partial charge in [-0.05, 0) is 25.7 Å². The van der Waals surface area contributed by atoms with Crippen LogP contribution in [0.2, 0.25) is 0 Å². The van der Waals surface area contributed by atoms with Crippen molar-refractivity contribution in [3.05, 3.63) is 0 Å². The third-order valence-corrected chi connectivity index (χ3v) is 3.20. The molecule has 0 rings (SSSR count). The summed E-state index contributed by atoms with van der Waals surface area (Å²) in [7, 11) is 0. The van der Waals surface area contributed by atoms with Gasteiger partial charge < -0.3 is 30.0 Å². The van der Waals surface area contributed by atoms with Gasteiger partial charge >= 0.3 is 38.6 Å². The average Bonchev–Trinajstić information content (AvgIpc) is 2.55. The summed E-state index contributed by atoms with van der Waals surface area (Å²) in [5.74, 6) is -8.77. The maximum Gasteiger partial charge on any atom is 2.00 e. The van der Waals surface area contributed by atoms with Crippen molar-refractivity contribution in [2.75, 3.05) is 13.2 Å². The summed E-state index contributed by atoms with van der Waals surface area (Å²) in [5.41, 5.74) is 0. The summed E-state index contributed by atoms with van der Waals surface area (Å²) in [6.45, 7) is 7.08. The van der Waals surface area contributed by atoms with Crippen molar-refractivity contribution in [3.63, 3.8) is 0 Å². The second-order valence-electron chi connectivity index (χ2n) is 5.80. The van der Waals surface area contributed by atoms with Gasteiger partial charge in [0.25, 0.3) is 0 Å². The summed E-state index contributed by atoms with van der Waals surface area (Å²) >= 11 is 0. The number of carboxylic acids is 2. The number of aliphatic hydroxyl groups excluding tert-OH is 2. The van der Waals surface area contributed by atoms with Crippen molar-refractivity contribution in [2.24, 2.45) is 11.8 Å². The van der Waals surface area contributed by atoms with E-state index < -0.39 is 49.0 Å². The smallest absolute Gasteiger partial charge is 0.550 e. The Bertz CT molecular complexity index is 377. The largest absolute Gasteiger partial charge is 2.00 e. The van der Waals surface area contributed by atoms with Crippen LogP contribution in [0.25, 0.3) is 0 Å². The van der Waals surface area contributed by atoms with E-state index in [-0.39, 0.29) is 26.2 Å². The number of hydrogen-bond acceptors (Lipinski definition) is 6. The predicted molar refractivity (Wildman–Crippen MR) is 93.7 cm³/mol. The zero-order chi connectivity index (χ0) is 25.0. The number of carbonyl (C=O) groups is 2. The van der Waals surface area contributed by atoms with E-state index in [1.165, 1.54) is 0 Å². The first kappa shape index (κ1) is 40.7. The molecule has 0 heterocycles. The molecule has 0 aliphatic rings. The van der Waals surface area contributed by atoms with Crippen LogP contribution in [0.4, 0.5) is 26.3 Å². The van der Waals surface area contributed by atoms with Crippen LogP contribution in [0.15, 0.2) is 0 Å². The van der Waals surface area contributed by atoms with Crippen molar-refractivity contribution in [3.8, 4) is 0 Å². The minimum atomic E-state index is -4.67. The number of aliphatic carboxylic acids is 2. The van der Waals surface area contributed by atoms with Gasteiger partial charge in [-0.15, -0.1) is 0 Å². The van der Waals surface area contributed by atoms with E-state index >= 15 is 0 Å². The van der Waals surface area contributed by atoms with Crippen LogP contribution in [0, 0.1) is 11.8 Å². The third-order valence-electron chi connectivity index (χ3n) is 3.20. The summed E-state index contributed by atoms with van der Waals surface area (Å²) in [4.78, 5) is 19.5. The first-order chi connectivity index (χ1) is 13.6. The van der Waals surface area contributed by atoms with Gasteiger partial charge in [0.1, 0.15) is 0 Å². The fourth-order valence-corrected chi connectivity index (χ4v) is 1.38. The maximum atomic E-state index is 11.6. The van der Waals surface area contributed by atoms with E-state index in [1.54, 1.807) is 0 Å². The van der Waals surface area contributed by atoms with Gasteiger partial charge in [-0.25, -0.2) is 0 Å². The number of carboxylic acid groups (broad SMARTS) is 2. The predicted octanol–water partition coefficient (Wildman–Crippen LogP) is 2.20. The molecular weight excluding hydrogens is 517 g/mol. The Kier molecular flexibility index (Phi) is 31.4. The van der Waals surface area contributed by atoms with Gasteiger partial charge in [0.2, 0.25) is 0 Å². The van der Waals surface area contributed by atoms with Gasteiger partial charge in [-0.3, -0.25) is 0 Å². The summed E-state index contributed by atoms with van der Waals surface area (Å²) < 4.78 is 69.3. The molecule has 6 nitrogen and oxygen atoms in total. The normalized spacial score (nSPS) is 12.3. The fourth-order valence-electron chi connectivity index (χ4n) is 1.38. The molecule has 13 heteroatoms. The molecular formula is C18H32F6O6Zr. The Hall–Kier alpha value is -0.677. The minimum Gasteiger partial charge on any atom is -0.550 e. The maximum absolute atomic E-state index is 11.6. The van der Waals surface area contributed by atoms with Gasteiger partial charge in [-0.1, -0.05) is 40.5 Å². The number of rotatable bonds is 8. The van der Waals surface area contributed by atoms with Gasteiger partial charge in [0.15, 0.2) is 0 Å². The van der Waals surface area contributed by atoms with Gasteiger partial charge in [0, 0.05) is 13.2 Å². The zero-order valence-corrected chi connectivity index (χ0v) is 20.6. The van der Waals surface area contributed by atoms with Crippen molar-refractivity contribution in [2.45, 2.75) is 78.6 Å². The van der Waals surface area contributed by atoms with Crippen LogP contribution < -0.4 is 10.2 Å². The molecule has 0 aliphatic carbocycles. The van der Waals surface area contributed by atoms with E-state index in [1.807, 2.05) is 0 Å². The second-order valence-corrected chi connectivity index (χ2v) is 5.80. The molecule has 186 valence electrons. The summed E-state index contributed by atoms with van der Waals surface area (Å²) in [5, 5.41) is 35.6. The zero-order valence-electron chi connectivity index (χ0n) is 18.1. The molecule has 0 aromatic rings. The molecule has 0 aromatic carbocycles. The molecule has 0 saturated carbocycles. The molecule has 31 heavy (non-hydrogen) atoms. The summed E-state index contributed by atoms with van der Waals surface area (Å²) in [6, 6.07) is 0. The van der Waals surface area contributed by atoms with E-state index in [4.69, 9.17) is 10.2 Å². The van der Waals surface area contributed by atoms with Gasteiger partial charge in [-0.2, -0.15) is 26.3 Å². The summed E-state index contributed by atoms with van der Waals surface area (Å²) in [6.07, 6.45) is -6.23. The van der Waals surface area contributed by atoms with Crippen LogP contribution in [-0.2, 0) is 35.8 Å². The SMILES string of the molecule is CCC(C(=O)[O-])C(F)(F)F.CCC(C(=O)[O-])C(F)(F)F.CCCCO.CCCCO.[Zr+2]. The van der Waals surface area contributed by atoms with Crippen molar-refractivity contribution >= 4 is 11.9 Å². The molecule has 2 N–H and O–H groups in total. The average molecular weight is 550 g/mol. The molecule has 0 saturated heterocycles. The minimum absolute atomic E-state index is 0. The molecule has 2 atom stereocenters. The Morgan fingerprint density at radius 1 is 0.710 bits per heavy atom. The molecule has 0 amide bonds. The number of hydrogen-bond donors (Lipinski definition) is 2. The number of aliphatic hydroxyl groups is 2. The van der Waals surface area contributed by atoms with Crippen molar-refractivity contribution in [1.82, 2.24) is 0 Å². The van der Waals surface area contributed by atoms with Crippen LogP contribution >= 0.6 is 0 Å². The third kappa shape index (κ3) is 29.3. The van der Waals surface area contributed by atoms with Crippen molar-refractivity contribution < 1.29 is 82.6 Å². The topological polar surface area (TPSA) is 121 Å². The van der Waals surface area contributed by atoms with E-state index in [0.29, 0.717) is 13.2 Å². The second kappa shape index (κ2) is 24.0. The van der Waals surface area contributed by atoms with E-state index in [9.17, 15) is 46.1 Å². The fraction of sp³-hybridized carbons (Fsp3) is 0.889. The van der Waals surface area contributed by atoms with Crippen LogP contribution in [0.1, 0.15) is 66.2 Å². The standard InChI is InChI=1S/2C5H7F3O2.2C4H10O.Zr/c2*1-2-3(4(9)10)5(6,7)8;2*1-2-3-4-5;/h2*3H,2H2,1H3,(H,9,10);2*5H,2-4H2,1H3;/q;;;;+2/p-2. The Morgan fingerprint density at radius 2 is 0.935 bits per heavy atom. The van der Waals surface area contributed by atoms with Crippen LogP contribution in [0.5, 0.6) is 0 Å². The van der Waals surface area contributed by atoms with E-state index in [0.717, 1.165) is 39.5 Å². The molecule has 2 unspecified atom stereocenters. The first-order valence-electron chi connectivity index (χ1n) is 9.38.